The maximum Gasteiger partial charge on any atom is 0.294 e. The SMILES string of the molecule is CS(=O)(=O)N1CCC(COc2nc3cc(Cl)c(Cl)cc3[nH]2)CC1. The first-order valence-corrected chi connectivity index (χ1v) is 9.86. The van der Waals surface area contributed by atoms with Crippen LogP contribution >= 0.6 is 23.2 Å². The van der Waals surface area contributed by atoms with Crippen molar-refractivity contribution in [1.29, 1.82) is 0 Å². The largest absolute Gasteiger partial charge is 0.464 e. The van der Waals surface area contributed by atoms with Crippen molar-refractivity contribution in [3.8, 4) is 6.01 Å². The highest BCUT2D eigenvalue weighted by molar-refractivity contribution is 7.88. The van der Waals surface area contributed by atoms with Gasteiger partial charge >= 0.3 is 0 Å². The molecule has 2 aromatic rings. The Labute approximate surface area is 144 Å². The Morgan fingerprint density at radius 2 is 1.96 bits per heavy atom. The van der Waals surface area contributed by atoms with E-state index in [1.807, 2.05) is 0 Å². The summed E-state index contributed by atoms with van der Waals surface area (Å²) >= 11 is 11.9. The van der Waals surface area contributed by atoms with Crippen LogP contribution < -0.4 is 4.74 Å². The molecule has 6 nitrogen and oxygen atoms in total. The van der Waals surface area contributed by atoms with Crippen molar-refractivity contribution in [2.24, 2.45) is 5.92 Å². The number of fused-ring (bicyclic) bond motifs is 1. The number of nitrogens with one attached hydrogen (secondary N) is 1. The molecule has 0 atom stereocenters. The summed E-state index contributed by atoms with van der Waals surface area (Å²) in [4.78, 5) is 7.38. The summed E-state index contributed by atoms with van der Waals surface area (Å²) in [5.74, 6) is 0.313. The summed E-state index contributed by atoms with van der Waals surface area (Å²) in [6.45, 7) is 1.58. The minimum atomic E-state index is -3.09. The summed E-state index contributed by atoms with van der Waals surface area (Å²) < 4.78 is 30.2. The van der Waals surface area contributed by atoms with Gasteiger partial charge in [-0.15, -0.1) is 0 Å². The molecule has 0 saturated carbocycles. The first kappa shape index (κ1) is 16.8. The van der Waals surface area contributed by atoms with Gasteiger partial charge in [-0.3, -0.25) is 0 Å². The van der Waals surface area contributed by atoms with Crippen LogP contribution in [0.15, 0.2) is 12.1 Å². The van der Waals surface area contributed by atoms with E-state index in [9.17, 15) is 8.42 Å². The zero-order valence-corrected chi connectivity index (χ0v) is 14.9. The van der Waals surface area contributed by atoms with Gasteiger partial charge in [-0.25, -0.2) is 12.7 Å². The van der Waals surface area contributed by atoms with E-state index in [1.165, 1.54) is 10.6 Å². The van der Waals surface area contributed by atoms with Gasteiger partial charge in [0, 0.05) is 13.1 Å². The molecule has 0 unspecified atom stereocenters. The molecule has 0 amide bonds. The van der Waals surface area contributed by atoms with Gasteiger partial charge in [-0.2, -0.15) is 4.98 Å². The minimum Gasteiger partial charge on any atom is -0.464 e. The molecule has 9 heteroatoms. The second-order valence-electron chi connectivity index (χ2n) is 5.74. The smallest absolute Gasteiger partial charge is 0.294 e. The molecule has 2 heterocycles. The van der Waals surface area contributed by atoms with Crippen molar-refractivity contribution in [3.63, 3.8) is 0 Å². The third-order valence-corrected chi connectivity index (χ3v) is 6.03. The second-order valence-corrected chi connectivity index (χ2v) is 8.54. The summed E-state index contributed by atoms with van der Waals surface area (Å²) in [6.07, 6.45) is 2.81. The number of aromatic nitrogens is 2. The van der Waals surface area contributed by atoms with Crippen molar-refractivity contribution < 1.29 is 13.2 Å². The van der Waals surface area contributed by atoms with Crippen LogP contribution in [-0.4, -0.2) is 48.6 Å². The molecule has 0 aliphatic carbocycles. The predicted molar refractivity (Wildman–Crippen MR) is 90.7 cm³/mol. The quantitative estimate of drug-likeness (QED) is 0.888. The molecule has 1 fully saturated rings. The number of ether oxygens (including phenoxy) is 1. The maximum atomic E-state index is 11.5. The van der Waals surface area contributed by atoms with Crippen molar-refractivity contribution in [1.82, 2.24) is 14.3 Å². The number of rotatable bonds is 4. The summed E-state index contributed by atoms with van der Waals surface area (Å²) in [7, 11) is -3.09. The van der Waals surface area contributed by atoms with Crippen LogP contribution in [0.1, 0.15) is 12.8 Å². The average molecular weight is 378 g/mol. The topological polar surface area (TPSA) is 75.3 Å². The highest BCUT2D eigenvalue weighted by Crippen LogP contribution is 2.28. The Bertz CT molecular complexity index is 775. The summed E-state index contributed by atoms with van der Waals surface area (Å²) in [6, 6.07) is 3.82. The van der Waals surface area contributed by atoms with E-state index in [4.69, 9.17) is 27.9 Å². The normalized spacial score (nSPS) is 17.7. The Hall–Kier alpha value is -1.02. The number of benzene rings is 1. The highest BCUT2D eigenvalue weighted by atomic mass is 35.5. The molecule has 1 aliphatic heterocycles. The monoisotopic (exact) mass is 377 g/mol. The van der Waals surface area contributed by atoms with Crippen LogP contribution in [-0.2, 0) is 10.0 Å². The predicted octanol–water partition coefficient (Wildman–Crippen LogP) is 2.92. The van der Waals surface area contributed by atoms with E-state index in [-0.39, 0.29) is 0 Å². The number of piperidine rings is 1. The molecule has 1 N–H and O–H groups in total. The number of halogens is 2. The second kappa shape index (κ2) is 6.47. The average Bonchev–Trinajstić information content (AvgIpc) is 2.87. The Morgan fingerprint density at radius 3 is 2.61 bits per heavy atom. The van der Waals surface area contributed by atoms with E-state index in [0.29, 0.717) is 47.2 Å². The maximum absolute atomic E-state index is 11.5. The van der Waals surface area contributed by atoms with Crippen molar-refractivity contribution in [2.75, 3.05) is 26.0 Å². The summed E-state index contributed by atoms with van der Waals surface area (Å²) in [5.41, 5.74) is 1.46. The minimum absolute atomic E-state index is 0.313. The van der Waals surface area contributed by atoms with Crippen LogP contribution in [0, 0.1) is 5.92 Å². The molecular formula is C14H17Cl2N3O3S. The number of sulfonamides is 1. The van der Waals surface area contributed by atoms with Gasteiger partial charge < -0.3 is 9.72 Å². The van der Waals surface area contributed by atoms with Crippen LogP contribution in [0.25, 0.3) is 11.0 Å². The standard InChI is InChI=1S/C14H17Cl2N3O3S/c1-23(20,21)19-4-2-9(3-5-19)8-22-14-17-12-6-10(15)11(16)7-13(12)18-14/h6-7,9H,2-5,8H2,1H3,(H,17,18). The highest BCUT2D eigenvalue weighted by Gasteiger charge is 2.25. The van der Waals surface area contributed by atoms with Crippen LogP contribution in [0.3, 0.4) is 0 Å². The number of nitrogens with zero attached hydrogens (tertiary/aromatic N) is 2. The third kappa shape index (κ3) is 3.91. The molecule has 1 saturated heterocycles. The number of aromatic amines is 1. The van der Waals surface area contributed by atoms with E-state index >= 15 is 0 Å². The zero-order chi connectivity index (χ0) is 16.6. The Balaban J connectivity index is 1.59. The van der Waals surface area contributed by atoms with Gasteiger partial charge in [-0.1, -0.05) is 23.2 Å². The molecule has 23 heavy (non-hydrogen) atoms. The van der Waals surface area contributed by atoms with Gasteiger partial charge in [-0.05, 0) is 30.9 Å². The molecule has 1 aromatic carbocycles. The number of H-pyrrole nitrogens is 1. The fraction of sp³-hybridized carbons (Fsp3) is 0.500. The van der Waals surface area contributed by atoms with Gasteiger partial charge in [0.25, 0.3) is 6.01 Å². The van der Waals surface area contributed by atoms with Crippen molar-refractivity contribution in [2.45, 2.75) is 12.8 Å². The third-order valence-electron chi connectivity index (χ3n) is 4.00. The molecule has 126 valence electrons. The van der Waals surface area contributed by atoms with Crippen LogP contribution in [0.5, 0.6) is 6.01 Å². The summed E-state index contributed by atoms with van der Waals surface area (Å²) in [5, 5.41) is 0.910. The molecule has 1 aromatic heterocycles. The lowest BCUT2D eigenvalue weighted by Gasteiger charge is -2.29. The number of hydrogen-bond donors (Lipinski definition) is 1. The molecule has 3 rings (SSSR count). The van der Waals surface area contributed by atoms with Crippen LogP contribution in [0.4, 0.5) is 0 Å². The zero-order valence-electron chi connectivity index (χ0n) is 12.6. The number of imidazole rings is 1. The molecule has 0 radical (unpaired) electrons. The lowest BCUT2D eigenvalue weighted by atomic mass is 9.99. The fourth-order valence-electron chi connectivity index (χ4n) is 2.65. The Kier molecular flexibility index (Phi) is 4.73. The van der Waals surface area contributed by atoms with Gasteiger partial charge in [0.2, 0.25) is 10.0 Å². The van der Waals surface area contributed by atoms with E-state index in [1.54, 1.807) is 12.1 Å². The van der Waals surface area contributed by atoms with E-state index < -0.39 is 10.0 Å². The molecule has 0 spiro atoms. The fourth-order valence-corrected chi connectivity index (χ4v) is 3.85. The van der Waals surface area contributed by atoms with Crippen LogP contribution in [0.2, 0.25) is 10.0 Å². The van der Waals surface area contributed by atoms with Crippen molar-refractivity contribution >= 4 is 44.3 Å². The number of hydrogen-bond acceptors (Lipinski definition) is 4. The Morgan fingerprint density at radius 1 is 1.30 bits per heavy atom. The van der Waals surface area contributed by atoms with E-state index in [0.717, 1.165) is 18.4 Å². The van der Waals surface area contributed by atoms with Gasteiger partial charge in [0.05, 0.1) is 33.9 Å². The first-order valence-electron chi connectivity index (χ1n) is 7.25. The van der Waals surface area contributed by atoms with E-state index in [2.05, 4.69) is 9.97 Å². The van der Waals surface area contributed by atoms with Gasteiger partial charge in [0.1, 0.15) is 0 Å². The first-order chi connectivity index (χ1) is 10.8. The van der Waals surface area contributed by atoms with Gasteiger partial charge in [0.15, 0.2) is 0 Å². The lowest BCUT2D eigenvalue weighted by Crippen LogP contribution is -2.39. The molecule has 1 aliphatic rings. The lowest BCUT2D eigenvalue weighted by molar-refractivity contribution is 0.178. The molecule has 0 bridgehead atoms. The molecular weight excluding hydrogens is 361 g/mol. The van der Waals surface area contributed by atoms with Crippen molar-refractivity contribution in [3.05, 3.63) is 22.2 Å².